The monoisotopic (exact) mass is 273 g/mol. The van der Waals surface area contributed by atoms with Crippen LogP contribution < -0.4 is 10.5 Å². The van der Waals surface area contributed by atoms with Crippen LogP contribution in [0.1, 0.15) is 12.8 Å². The predicted octanol–water partition coefficient (Wildman–Crippen LogP) is 3.00. The molecule has 0 radical (unpaired) electrons. The molecule has 2 heterocycles. The molecule has 19 heavy (non-hydrogen) atoms. The van der Waals surface area contributed by atoms with Crippen LogP contribution in [0.4, 0.5) is 5.69 Å². The lowest BCUT2D eigenvalue weighted by molar-refractivity contribution is 0.288. The largest absolute Gasteiger partial charge is 0.476 e. The molecule has 1 fully saturated rings. The van der Waals surface area contributed by atoms with E-state index in [1.165, 1.54) is 12.8 Å². The van der Waals surface area contributed by atoms with Gasteiger partial charge in [0, 0.05) is 17.3 Å². The summed E-state index contributed by atoms with van der Waals surface area (Å²) in [7, 11) is 0. The SMILES string of the molecule is Nc1ccc(Sc2ccncc2)nc1OCC1CC1. The van der Waals surface area contributed by atoms with Gasteiger partial charge in [-0.05, 0) is 43.0 Å². The van der Waals surface area contributed by atoms with Gasteiger partial charge >= 0.3 is 0 Å². The topological polar surface area (TPSA) is 61.0 Å². The van der Waals surface area contributed by atoms with Crippen molar-refractivity contribution in [3.8, 4) is 5.88 Å². The van der Waals surface area contributed by atoms with Gasteiger partial charge < -0.3 is 10.5 Å². The number of ether oxygens (including phenoxy) is 1. The number of nitrogens with two attached hydrogens (primary N) is 1. The molecule has 3 rings (SSSR count). The van der Waals surface area contributed by atoms with Gasteiger partial charge in [-0.1, -0.05) is 11.8 Å². The van der Waals surface area contributed by atoms with Gasteiger partial charge in [-0.25, -0.2) is 4.98 Å². The molecule has 0 unspecified atom stereocenters. The van der Waals surface area contributed by atoms with E-state index < -0.39 is 0 Å². The Bertz CT molecular complexity index is 558. The summed E-state index contributed by atoms with van der Waals surface area (Å²) < 4.78 is 5.68. The highest BCUT2D eigenvalue weighted by molar-refractivity contribution is 7.99. The molecule has 0 atom stereocenters. The normalized spacial score (nSPS) is 14.3. The van der Waals surface area contributed by atoms with Crippen LogP contribution in [0.2, 0.25) is 0 Å². The van der Waals surface area contributed by atoms with E-state index in [1.54, 1.807) is 24.2 Å². The average Bonchev–Trinajstić information content (AvgIpc) is 3.25. The van der Waals surface area contributed by atoms with Gasteiger partial charge in [-0.2, -0.15) is 0 Å². The molecule has 2 aromatic rings. The summed E-state index contributed by atoms with van der Waals surface area (Å²) in [5.41, 5.74) is 6.48. The summed E-state index contributed by atoms with van der Waals surface area (Å²) in [5.74, 6) is 1.24. The van der Waals surface area contributed by atoms with Crippen LogP contribution >= 0.6 is 11.8 Å². The summed E-state index contributed by atoms with van der Waals surface area (Å²) in [4.78, 5) is 9.56. The van der Waals surface area contributed by atoms with Crippen LogP contribution in [0.5, 0.6) is 5.88 Å². The second kappa shape index (κ2) is 5.48. The van der Waals surface area contributed by atoms with E-state index in [2.05, 4.69) is 9.97 Å². The van der Waals surface area contributed by atoms with E-state index in [0.717, 1.165) is 16.5 Å². The Kier molecular flexibility index (Phi) is 3.55. The average molecular weight is 273 g/mol. The number of rotatable bonds is 5. The van der Waals surface area contributed by atoms with E-state index >= 15 is 0 Å². The Balaban J connectivity index is 1.72. The first-order valence-electron chi connectivity index (χ1n) is 6.28. The molecule has 0 bridgehead atoms. The quantitative estimate of drug-likeness (QED) is 0.907. The Morgan fingerprint density at radius 1 is 1.21 bits per heavy atom. The molecule has 5 heteroatoms. The van der Waals surface area contributed by atoms with Crippen LogP contribution in [-0.2, 0) is 0 Å². The zero-order chi connectivity index (χ0) is 13.1. The van der Waals surface area contributed by atoms with Crippen molar-refractivity contribution < 1.29 is 4.74 Å². The van der Waals surface area contributed by atoms with E-state index in [-0.39, 0.29) is 0 Å². The van der Waals surface area contributed by atoms with E-state index in [9.17, 15) is 0 Å². The van der Waals surface area contributed by atoms with Gasteiger partial charge in [0.25, 0.3) is 0 Å². The van der Waals surface area contributed by atoms with Crippen LogP contribution in [0.15, 0.2) is 46.6 Å². The standard InChI is InChI=1S/C14H15N3OS/c15-12-3-4-13(19-11-5-7-16-8-6-11)17-14(12)18-9-10-1-2-10/h3-8,10H,1-2,9,15H2. The fourth-order valence-electron chi connectivity index (χ4n) is 1.62. The van der Waals surface area contributed by atoms with Crippen molar-refractivity contribution in [3.05, 3.63) is 36.7 Å². The van der Waals surface area contributed by atoms with Crippen molar-refractivity contribution in [3.63, 3.8) is 0 Å². The van der Waals surface area contributed by atoms with Gasteiger partial charge in [0.15, 0.2) is 0 Å². The lowest BCUT2D eigenvalue weighted by Crippen LogP contribution is -2.04. The van der Waals surface area contributed by atoms with Gasteiger partial charge in [-0.3, -0.25) is 4.98 Å². The molecule has 0 aromatic carbocycles. The molecule has 4 nitrogen and oxygen atoms in total. The lowest BCUT2D eigenvalue weighted by atomic mass is 10.4. The van der Waals surface area contributed by atoms with Gasteiger partial charge in [-0.15, -0.1) is 0 Å². The van der Waals surface area contributed by atoms with Gasteiger partial charge in [0.05, 0.1) is 12.3 Å². The van der Waals surface area contributed by atoms with Crippen molar-refractivity contribution in [2.45, 2.75) is 22.8 Å². The van der Waals surface area contributed by atoms with Crippen LogP contribution in [-0.4, -0.2) is 16.6 Å². The maximum Gasteiger partial charge on any atom is 0.238 e. The number of pyridine rings is 2. The molecule has 0 amide bonds. The molecule has 0 spiro atoms. The number of nitrogens with zero attached hydrogens (tertiary/aromatic N) is 2. The Morgan fingerprint density at radius 2 is 2.00 bits per heavy atom. The van der Waals surface area contributed by atoms with Crippen molar-refractivity contribution in [2.75, 3.05) is 12.3 Å². The highest BCUT2D eigenvalue weighted by Crippen LogP contribution is 2.32. The van der Waals surface area contributed by atoms with Crippen LogP contribution in [0.25, 0.3) is 0 Å². The van der Waals surface area contributed by atoms with Crippen molar-refractivity contribution in [1.29, 1.82) is 0 Å². The van der Waals surface area contributed by atoms with Crippen LogP contribution in [0, 0.1) is 5.92 Å². The second-order valence-corrected chi connectivity index (χ2v) is 5.68. The molecule has 0 aliphatic heterocycles. The van der Waals surface area contributed by atoms with Gasteiger partial charge in [0.2, 0.25) is 5.88 Å². The highest BCUT2D eigenvalue weighted by Gasteiger charge is 2.22. The maximum absolute atomic E-state index is 5.88. The number of hydrogen-bond donors (Lipinski definition) is 1. The zero-order valence-corrected chi connectivity index (χ0v) is 11.3. The van der Waals surface area contributed by atoms with E-state index in [4.69, 9.17) is 10.5 Å². The minimum Gasteiger partial charge on any atom is -0.476 e. The Morgan fingerprint density at radius 3 is 2.74 bits per heavy atom. The van der Waals surface area contributed by atoms with Crippen molar-refractivity contribution in [1.82, 2.24) is 9.97 Å². The third-order valence-electron chi connectivity index (χ3n) is 2.89. The molecular formula is C14H15N3OS. The number of nitrogen functional groups attached to an aromatic ring is 1. The smallest absolute Gasteiger partial charge is 0.238 e. The highest BCUT2D eigenvalue weighted by atomic mass is 32.2. The van der Waals surface area contributed by atoms with E-state index in [1.807, 2.05) is 24.3 Å². The summed E-state index contributed by atoms with van der Waals surface area (Å²) in [6.07, 6.45) is 6.05. The van der Waals surface area contributed by atoms with Crippen molar-refractivity contribution in [2.24, 2.45) is 5.92 Å². The minimum atomic E-state index is 0.547. The molecule has 98 valence electrons. The molecule has 1 saturated carbocycles. The first-order valence-corrected chi connectivity index (χ1v) is 7.10. The van der Waals surface area contributed by atoms with Crippen LogP contribution in [0.3, 0.4) is 0 Å². The lowest BCUT2D eigenvalue weighted by Gasteiger charge is -2.08. The molecule has 2 aromatic heterocycles. The third kappa shape index (κ3) is 3.38. The molecule has 0 saturated heterocycles. The fourth-order valence-corrected chi connectivity index (χ4v) is 2.38. The summed E-state index contributed by atoms with van der Waals surface area (Å²) in [5, 5.41) is 0.881. The summed E-state index contributed by atoms with van der Waals surface area (Å²) >= 11 is 1.57. The first-order chi connectivity index (χ1) is 9.31. The zero-order valence-electron chi connectivity index (χ0n) is 10.5. The molecular weight excluding hydrogens is 258 g/mol. The molecule has 2 N–H and O–H groups in total. The minimum absolute atomic E-state index is 0.547. The Hall–Kier alpha value is -1.75. The van der Waals surface area contributed by atoms with Gasteiger partial charge in [0.1, 0.15) is 5.03 Å². The first kappa shape index (κ1) is 12.3. The number of anilines is 1. The number of aromatic nitrogens is 2. The maximum atomic E-state index is 5.88. The third-order valence-corrected chi connectivity index (χ3v) is 3.83. The summed E-state index contributed by atoms with van der Waals surface area (Å²) in [6.45, 7) is 0.723. The predicted molar refractivity (Wildman–Crippen MR) is 75.2 cm³/mol. The molecule has 1 aliphatic rings. The fraction of sp³-hybridized carbons (Fsp3) is 0.286. The van der Waals surface area contributed by atoms with E-state index in [0.29, 0.717) is 17.5 Å². The number of hydrogen-bond acceptors (Lipinski definition) is 5. The second-order valence-electron chi connectivity index (χ2n) is 4.58. The Labute approximate surface area is 116 Å². The summed E-state index contributed by atoms with van der Waals surface area (Å²) in [6, 6.07) is 7.66. The molecule has 1 aliphatic carbocycles. The van der Waals surface area contributed by atoms with Crippen molar-refractivity contribution >= 4 is 17.4 Å².